The molecule has 0 saturated carbocycles. The third-order valence-corrected chi connectivity index (χ3v) is 5.32. The first-order valence-corrected chi connectivity index (χ1v) is 10.8. The Morgan fingerprint density at radius 2 is 1.88 bits per heavy atom. The molecule has 1 aliphatic heterocycles. The number of fused-ring (bicyclic) bond motifs is 1. The predicted octanol–water partition coefficient (Wildman–Crippen LogP) is 3.19. The molecule has 1 aliphatic rings. The van der Waals surface area contributed by atoms with Crippen molar-refractivity contribution in [2.75, 3.05) is 33.3 Å². The summed E-state index contributed by atoms with van der Waals surface area (Å²) in [6.45, 7) is 11.1. The number of rotatable bonds is 4. The number of carbonyl (C=O) groups is 1. The van der Waals surface area contributed by atoms with Crippen LogP contribution in [-0.2, 0) is 11.3 Å². The van der Waals surface area contributed by atoms with Crippen LogP contribution in [0.1, 0.15) is 32.2 Å². The Hall–Kier alpha value is -3.20. The molecule has 1 saturated heterocycles. The third-order valence-electron chi connectivity index (χ3n) is 5.32. The van der Waals surface area contributed by atoms with E-state index in [9.17, 15) is 4.79 Å². The molecule has 9 nitrogen and oxygen atoms in total. The molecule has 0 atom stereocenters. The van der Waals surface area contributed by atoms with Crippen LogP contribution in [0, 0.1) is 6.92 Å². The number of hydrogen-bond acceptors (Lipinski definition) is 7. The van der Waals surface area contributed by atoms with E-state index in [4.69, 9.17) is 9.47 Å². The lowest BCUT2D eigenvalue weighted by Gasteiger charge is -2.35. The lowest BCUT2D eigenvalue weighted by molar-refractivity contribution is 0.0138. The van der Waals surface area contributed by atoms with E-state index in [-0.39, 0.29) is 6.09 Å². The molecule has 0 aliphatic carbocycles. The van der Waals surface area contributed by atoms with Crippen LogP contribution in [0.2, 0.25) is 0 Å². The molecule has 9 heteroatoms. The maximum Gasteiger partial charge on any atom is 0.410 e. The summed E-state index contributed by atoms with van der Waals surface area (Å²) in [4.78, 5) is 20.9. The summed E-state index contributed by atoms with van der Waals surface area (Å²) >= 11 is 0. The van der Waals surface area contributed by atoms with E-state index in [0.29, 0.717) is 19.6 Å². The van der Waals surface area contributed by atoms with Gasteiger partial charge in [-0.2, -0.15) is 0 Å². The highest BCUT2D eigenvalue weighted by atomic mass is 16.6. The Bertz CT molecular complexity index is 1110. The number of benzene rings is 1. The van der Waals surface area contributed by atoms with Crippen molar-refractivity contribution in [2.45, 2.75) is 39.8 Å². The normalized spacial score (nSPS) is 15.2. The molecular formula is C23H30N6O3. The second-order valence-electron chi connectivity index (χ2n) is 9.06. The van der Waals surface area contributed by atoms with E-state index in [1.54, 1.807) is 16.7 Å². The van der Waals surface area contributed by atoms with Crippen LogP contribution in [0.5, 0.6) is 5.75 Å². The number of amides is 1. The minimum Gasteiger partial charge on any atom is -0.497 e. The van der Waals surface area contributed by atoms with Gasteiger partial charge < -0.3 is 14.4 Å². The molecule has 1 aromatic carbocycles. The molecule has 2 aromatic heterocycles. The van der Waals surface area contributed by atoms with Crippen molar-refractivity contribution in [3.63, 3.8) is 0 Å². The molecule has 1 fully saturated rings. The minimum absolute atomic E-state index is 0.251. The molecule has 0 bridgehead atoms. The van der Waals surface area contributed by atoms with Crippen LogP contribution in [0.3, 0.4) is 0 Å². The number of pyridine rings is 1. The summed E-state index contributed by atoms with van der Waals surface area (Å²) in [6.07, 6.45) is 1.70. The first-order valence-electron chi connectivity index (χ1n) is 10.8. The largest absolute Gasteiger partial charge is 0.497 e. The van der Waals surface area contributed by atoms with Crippen LogP contribution >= 0.6 is 0 Å². The Morgan fingerprint density at radius 1 is 1.12 bits per heavy atom. The fourth-order valence-electron chi connectivity index (χ4n) is 3.76. The zero-order valence-electron chi connectivity index (χ0n) is 19.3. The van der Waals surface area contributed by atoms with Gasteiger partial charge in [0.25, 0.3) is 0 Å². The number of aryl methyl sites for hydroxylation is 1. The van der Waals surface area contributed by atoms with Crippen LogP contribution in [-0.4, -0.2) is 74.8 Å². The van der Waals surface area contributed by atoms with E-state index < -0.39 is 5.60 Å². The number of aromatic nitrogens is 4. The summed E-state index contributed by atoms with van der Waals surface area (Å²) in [6, 6.07) is 7.82. The van der Waals surface area contributed by atoms with E-state index >= 15 is 0 Å². The topological polar surface area (TPSA) is 85.6 Å². The average molecular weight is 439 g/mol. The van der Waals surface area contributed by atoms with Crippen LogP contribution in [0.25, 0.3) is 16.6 Å². The fourth-order valence-corrected chi connectivity index (χ4v) is 3.76. The zero-order valence-corrected chi connectivity index (χ0v) is 19.3. The summed E-state index contributed by atoms with van der Waals surface area (Å²) in [5.41, 5.74) is 3.11. The highest BCUT2D eigenvalue weighted by molar-refractivity contribution is 5.88. The minimum atomic E-state index is -0.480. The maximum atomic E-state index is 12.3. The van der Waals surface area contributed by atoms with Crippen molar-refractivity contribution in [3.05, 3.63) is 41.9 Å². The first kappa shape index (κ1) is 22.0. The van der Waals surface area contributed by atoms with Crippen molar-refractivity contribution in [2.24, 2.45) is 0 Å². The van der Waals surface area contributed by atoms with Gasteiger partial charge in [0.2, 0.25) is 0 Å². The van der Waals surface area contributed by atoms with Crippen LogP contribution < -0.4 is 4.74 Å². The molecular weight excluding hydrogens is 408 g/mol. The third kappa shape index (κ3) is 4.99. The molecule has 0 spiro atoms. The number of ether oxygens (including phenoxy) is 2. The van der Waals surface area contributed by atoms with Gasteiger partial charge in [-0.3, -0.25) is 9.88 Å². The van der Waals surface area contributed by atoms with Gasteiger partial charge in [-0.05, 0) is 52.0 Å². The quantitative estimate of drug-likeness (QED) is 0.618. The van der Waals surface area contributed by atoms with E-state index in [1.807, 2.05) is 58.2 Å². The van der Waals surface area contributed by atoms with Crippen molar-refractivity contribution < 1.29 is 14.3 Å². The van der Waals surface area contributed by atoms with E-state index in [2.05, 4.69) is 20.2 Å². The van der Waals surface area contributed by atoms with Crippen molar-refractivity contribution >= 4 is 17.0 Å². The summed E-state index contributed by atoms with van der Waals surface area (Å²) in [5, 5.41) is 9.71. The number of methoxy groups -OCH3 is 1. The van der Waals surface area contributed by atoms with Crippen molar-refractivity contribution in [3.8, 4) is 11.4 Å². The summed E-state index contributed by atoms with van der Waals surface area (Å²) in [5.74, 6) is 0.771. The number of hydrogen-bond donors (Lipinski definition) is 0. The Labute approximate surface area is 187 Å². The molecule has 3 heterocycles. The van der Waals surface area contributed by atoms with Gasteiger partial charge in [-0.15, -0.1) is 5.10 Å². The molecule has 3 aromatic rings. The standard InChI is InChI=1S/C23H30N6O3/c1-16-12-21(19-13-18(31-5)6-7-20(19)24-16)29-15-17(25-26-29)14-27-8-10-28(11-9-27)22(30)32-23(2,3)4/h6-7,12-13,15H,8-11,14H2,1-5H3. The van der Waals surface area contributed by atoms with Crippen LogP contribution in [0.4, 0.5) is 4.79 Å². The first-order chi connectivity index (χ1) is 15.2. The SMILES string of the molecule is COc1ccc2nc(C)cc(-n3cc(CN4CCN(C(=O)OC(C)(C)C)CC4)nn3)c2c1. The maximum absolute atomic E-state index is 12.3. The lowest BCUT2D eigenvalue weighted by atomic mass is 10.1. The van der Waals surface area contributed by atoms with Gasteiger partial charge in [0.15, 0.2) is 0 Å². The van der Waals surface area contributed by atoms with Gasteiger partial charge in [-0.25, -0.2) is 9.48 Å². The smallest absolute Gasteiger partial charge is 0.410 e. The monoisotopic (exact) mass is 438 g/mol. The second kappa shape index (κ2) is 8.74. The molecule has 0 unspecified atom stereocenters. The fraction of sp³-hybridized carbons (Fsp3) is 0.478. The molecule has 170 valence electrons. The van der Waals surface area contributed by atoms with E-state index in [1.165, 1.54) is 0 Å². The Kier molecular flexibility index (Phi) is 6.01. The summed E-state index contributed by atoms with van der Waals surface area (Å²) < 4.78 is 12.7. The molecule has 0 N–H and O–H groups in total. The second-order valence-corrected chi connectivity index (χ2v) is 9.06. The van der Waals surface area contributed by atoms with Crippen LogP contribution in [0.15, 0.2) is 30.5 Å². The molecule has 0 radical (unpaired) electrons. The Balaban J connectivity index is 1.45. The lowest BCUT2D eigenvalue weighted by Crippen LogP contribution is -2.49. The Morgan fingerprint density at radius 3 is 2.56 bits per heavy atom. The van der Waals surface area contributed by atoms with Gasteiger partial charge in [-0.1, -0.05) is 5.21 Å². The predicted molar refractivity (Wildman–Crippen MR) is 121 cm³/mol. The van der Waals surface area contributed by atoms with Gasteiger partial charge in [0, 0.05) is 43.8 Å². The highest BCUT2D eigenvalue weighted by Gasteiger charge is 2.26. The molecule has 32 heavy (non-hydrogen) atoms. The number of piperazine rings is 1. The van der Waals surface area contributed by atoms with Crippen molar-refractivity contribution in [1.82, 2.24) is 29.8 Å². The van der Waals surface area contributed by atoms with Gasteiger partial charge in [0.05, 0.1) is 30.2 Å². The number of carbonyl (C=O) groups excluding carboxylic acids is 1. The molecule has 1 amide bonds. The van der Waals surface area contributed by atoms with E-state index in [0.717, 1.165) is 46.8 Å². The highest BCUT2D eigenvalue weighted by Crippen LogP contribution is 2.26. The zero-order chi connectivity index (χ0) is 22.9. The van der Waals surface area contributed by atoms with Gasteiger partial charge >= 0.3 is 6.09 Å². The summed E-state index contributed by atoms with van der Waals surface area (Å²) in [7, 11) is 1.65. The van der Waals surface area contributed by atoms with Gasteiger partial charge in [0.1, 0.15) is 11.4 Å². The number of nitrogens with zero attached hydrogens (tertiary/aromatic N) is 6. The average Bonchev–Trinajstić information content (AvgIpc) is 3.20. The molecule has 4 rings (SSSR count). The van der Waals surface area contributed by atoms with Crippen molar-refractivity contribution in [1.29, 1.82) is 0 Å².